The lowest BCUT2D eigenvalue weighted by molar-refractivity contribution is 0.431. The van der Waals surface area contributed by atoms with E-state index in [-0.39, 0.29) is 11.9 Å². The van der Waals surface area contributed by atoms with E-state index in [1.54, 1.807) is 6.07 Å². The molecular weight excluding hydrogens is 251 g/mol. The zero-order valence-electron chi connectivity index (χ0n) is 10.5. The second-order valence-corrected chi connectivity index (χ2v) is 5.19. The maximum absolute atomic E-state index is 13.2. The standard InChI is InChI=1S/C13H15FN2OS/c1-7(15)11-6-10(14)4-5-12(11)18-13-16-8(2)9(3)17-13/h4-7H,15H2,1-3H3/t7-/m1/s1. The van der Waals surface area contributed by atoms with Gasteiger partial charge in [-0.05, 0) is 56.3 Å². The highest BCUT2D eigenvalue weighted by Gasteiger charge is 2.13. The first-order valence-corrected chi connectivity index (χ1v) is 6.46. The maximum Gasteiger partial charge on any atom is 0.261 e. The Bertz CT molecular complexity index is 547. The summed E-state index contributed by atoms with van der Waals surface area (Å²) in [5.74, 6) is 0.508. The molecule has 0 saturated carbocycles. The monoisotopic (exact) mass is 266 g/mol. The van der Waals surface area contributed by atoms with Crippen molar-refractivity contribution in [1.29, 1.82) is 0 Å². The number of benzene rings is 1. The van der Waals surface area contributed by atoms with Gasteiger partial charge in [-0.3, -0.25) is 0 Å². The van der Waals surface area contributed by atoms with Crippen molar-refractivity contribution in [2.24, 2.45) is 5.73 Å². The van der Waals surface area contributed by atoms with E-state index in [0.29, 0.717) is 5.22 Å². The van der Waals surface area contributed by atoms with Crippen LogP contribution in [0.1, 0.15) is 30.0 Å². The lowest BCUT2D eigenvalue weighted by Crippen LogP contribution is -2.06. The van der Waals surface area contributed by atoms with Gasteiger partial charge in [0, 0.05) is 10.9 Å². The molecule has 0 aliphatic heterocycles. The summed E-state index contributed by atoms with van der Waals surface area (Å²) < 4.78 is 18.7. The van der Waals surface area contributed by atoms with Crippen molar-refractivity contribution in [3.63, 3.8) is 0 Å². The van der Waals surface area contributed by atoms with E-state index in [1.165, 1.54) is 23.9 Å². The van der Waals surface area contributed by atoms with Crippen molar-refractivity contribution in [3.8, 4) is 0 Å². The molecule has 1 aromatic heterocycles. The first-order valence-electron chi connectivity index (χ1n) is 5.64. The number of aryl methyl sites for hydroxylation is 2. The van der Waals surface area contributed by atoms with Crippen LogP contribution < -0.4 is 5.73 Å². The highest BCUT2D eigenvalue weighted by atomic mass is 32.2. The molecular formula is C13H15FN2OS. The van der Waals surface area contributed by atoms with Gasteiger partial charge in [-0.1, -0.05) is 0 Å². The molecule has 2 N–H and O–H groups in total. The maximum atomic E-state index is 13.2. The van der Waals surface area contributed by atoms with Crippen LogP contribution in [-0.2, 0) is 0 Å². The van der Waals surface area contributed by atoms with Gasteiger partial charge in [0.15, 0.2) is 0 Å². The second kappa shape index (κ2) is 5.12. The van der Waals surface area contributed by atoms with Crippen LogP contribution in [-0.4, -0.2) is 4.98 Å². The summed E-state index contributed by atoms with van der Waals surface area (Å²) in [4.78, 5) is 5.16. The summed E-state index contributed by atoms with van der Waals surface area (Å²) in [7, 11) is 0. The van der Waals surface area contributed by atoms with E-state index in [1.807, 2.05) is 20.8 Å². The SMILES string of the molecule is Cc1nc(Sc2ccc(F)cc2[C@@H](C)N)oc1C. The fourth-order valence-electron chi connectivity index (χ4n) is 1.55. The summed E-state index contributed by atoms with van der Waals surface area (Å²) in [5.41, 5.74) is 7.46. The minimum absolute atomic E-state index is 0.236. The molecule has 1 heterocycles. The van der Waals surface area contributed by atoms with Crippen LogP contribution in [0.2, 0.25) is 0 Å². The number of halogens is 1. The van der Waals surface area contributed by atoms with E-state index < -0.39 is 0 Å². The number of oxazole rings is 1. The third-order valence-electron chi connectivity index (χ3n) is 2.67. The Balaban J connectivity index is 2.33. The molecule has 0 aliphatic rings. The van der Waals surface area contributed by atoms with Gasteiger partial charge in [0.05, 0.1) is 5.69 Å². The molecule has 0 amide bonds. The molecule has 3 nitrogen and oxygen atoms in total. The van der Waals surface area contributed by atoms with E-state index in [0.717, 1.165) is 21.9 Å². The van der Waals surface area contributed by atoms with Crippen LogP contribution >= 0.6 is 11.8 Å². The third kappa shape index (κ3) is 2.73. The topological polar surface area (TPSA) is 52.0 Å². The lowest BCUT2D eigenvalue weighted by Gasteiger charge is -2.10. The quantitative estimate of drug-likeness (QED) is 0.922. The molecule has 0 bridgehead atoms. The van der Waals surface area contributed by atoms with Crippen LogP contribution in [0.25, 0.3) is 0 Å². The van der Waals surface area contributed by atoms with Crippen molar-refractivity contribution < 1.29 is 8.81 Å². The Morgan fingerprint density at radius 1 is 1.39 bits per heavy atom. The first kappa shape index (κ1) is 13.1. The lowest BCUT2D eigenvalue weighted by atomic mass is 10.1. The molecule has 1 atom stereocenters. The molecule has 1 aromatic carbocycles. The number of rotatable bonds is 3. The predicted molar refractivity (Wildman–Crippen MR) is 69.1 cm³/mol. The molecule has 0 aliphatic carbocycles. The summed E-state index contributed by atoms with van der Waals surface area (Å²) in [6.07, 6.45) is 0. The summed E-state index contributed by atoms with van der Waals surface area (Å²) in [5, 5.41) is 0.554. The second-order valence-electron chi connectivity index (χ2n) is 4.19. The van der Waals surface area contributed by atoms with E-state index in [2.05, 4.69) is 4.98 Å². The molecule has 0 unspecified atom stereocenters. The Hall–Kier alpha value is -1.33. The van der Waals surface area contributed by atoms with Gasteiger partial charge in [-0.2, -0.15) is 0 Å². The van der Waals surface area contributed by atoms with Gasteiger partial charge in [-0.25, -0.2) is 9.37 Å². The van der Waals surface area contributed by atoms with Crippen LogP contribution in [0.15, 0.2) is 32.7 Å². The molecule has 5 heteroatoms. The number of hydrogen-bond acceptors (Lipinski definition) is 4. The Kier molecular flexibility index (Phi) is 3.73. The molecule has 2 aromatic rings. The zero-order valence-corrected chi connectivity index (χ0v) is 11.3. The molecule has 0 radical (unpaired) electrons. The van der Waals surface area contributed by atoms with Gasteiger partial charge in [0.1, 0.15) is 11.6 Å². The van der Waals surface area contributed by atoms with Crippen LogP contribution in [0, 0.1) is 19.7 Å². The number of nitrogens with two attached hydrogens (primary N) is 1. The molecule has 0 saturated heterocycles. The highest BCUT2D eigenvalue weighted by molar-refractivity contribution is 7.99. The van der Waals surface area contributed by atoms with Crippen molar-refractivity contribution >= 4 is 11.8 Å². The largest absolute Gasteiger partial charge is 0.436 e. The Labute approximate surface area is 110 Å². The average molecular weight is 266 g/mol. The fourth-order valence-corrected chi connectivity index (χ4v) is 2.59. The van der Waals surface area contributed by atoms with E-state index in [4.69, 9.17) is 10.2 Å². The van der Waals surface area contributed by atoms with Crippen LogP contribution in [0.5, 0.6) is 0 Å². The molecule has 0 fully saturated rings. The van der Waals surface area contributed by atoms with Crippen molar-refractivity contribution in [1.82, 2.24) is 4.98 Å². The normalized spacial score (nSPS) is 12.7. The summed E-state index contributed by atoms with van der Waals surface area (Å²) in [6, 6.07) is 4.33. The molecule has 0 spiro atoms. The fraction of sp³-hybridized carbons (Fsp3) is 0.308. The summed E-state index contributed by atoms with van der Waals surface area (Å²) >= 11 is 1.36. The first-order chi connectivity index (χ1) is 8.47. The van der Waals surface area contributed by atoms with Gasteiger partial charge in [0.2, 0.25) is 0 Å². The average Bonchev–Trinajstić information content (AvgIpc) is 2.60. The predicted octanol–water partition coefficient (Wildman–Crippen LogP) is 3.60. The van der Waals surface area contributed by atoms with Gasteiger partial charge in [-0.15, -0.1) is 0 Å². The highest BCUT2D eigenvalue weighted by Crippen LogP contribution is 2.33. The molecule has 2 rings (SSSR count). The van der Waals surface area contributed by atoms with Crippen molar-refractivity contribution in [2.75, 3.05) is 0 Å². The molecule has 18 heavy (non-hydrogen) atoms. The van der Waals surface area contributed by atoms with Gasteiger partial charge in [0.25, 0.3) is 5.22 Å². The minimum atomic E-state index is -0.286. The molecule has 96 valence electrons. The zero-order chi connectivity index (χ0) is 13.3. The van der Waals surface area contributed by atoms with Crippen molar-refractivity contribution in [2.45, 2.75) is 36.9 Å². The van der Waals surface area contributed by atoms with Crippen LogP contribution in [0.4, 0.5) is 4.39 Å². The van der Waals surface area contributed by atoms with Crippen molar-refractivity contribution in [3.05, 3.63) is 41.0 Å². The smallest absolute Gasteiger partial charge is 0.261 e. The van der Waals surface area contributed by atoms with E-state index in [9.17, 15) is 4.39 Å². The third-order valence-corrected chi connectivity index (χ3v) is 3.61. The number of aromatic nitrogens is 1. The van der Waals surface area contributed by atoms with Gasteiger partial charge < -0.3 is 10.2 Å². The Morgan fingerprint density at radius 2 is 2.11 bits per heavy atom. The number of nitrogens with zero attached hydrogens (tertiary/aromatic N) is 1. The van der Waals surface area contributed by atoms with Gasteiger partial charge >= 0.3 is 0 Å². The Morgan fingerprint density at radius 3 is 2.67 bits per heavy atom. The number of hydrogen-bond donors (Lipinski definition) is 1. The van der Waals surface area contributed by atoms with E-state index >= 15 is 0 Å². The summed E-state index contributed by atoms with van der Waals surface area (Å²) in [6.45, 7) is 5.58. The minimum Gasteiger partial charge on any atom is -0.436 e. The van der Waals surface area contributed by atoms with Crippen LogP contribution in [0.3, 0.4) is 0 Å².